The van der Waals surface area contributed by atoms with Gasteiger partial charge in [-0.25, -0.2) is 9.97 Å². The van der Waals surface area contributed by atoms with Crippen LogP contribution in [0.3, 0.4) is 0 Å². The quantitative estimate of drug-likeness (QED) is 0.579. The zero-order chi connectivity index (χ0) is 12.5. The van der Waals surface area contributed by atoms with Crippen LogP contribution in [0.2, 0.25) is 0 Å². The summed E-state index contributed by atoms with van der Waals surface area (Å²) in [5, 5.41) is 3.27. The number of aromatic nitrogens is 2. The number of nitrogens with one attached hydrogen (secondary N) is 1. The van der Waals surface area contributed by atoms with Crippen molar-refractivity contribution >= 4 is 5.82 Å². The average molecular weight is 233 g/mol. The second-order valence-corrected chi connectivity index (χ2v) is 3.59. The molecule has 92 valence electrons. The van der Waals surface area contributed by atoms with Gasteiger partial charge in [-0.3, -0.25) is 0 Å². The molecule has 4 heteroatoms. The lowest BCUT2D eigenvalue weighted by molar-refractivity contribution is 0.310. The van der Waals surface area contributed by atoms with E-state index in [-0.39, 0.29) is 0 Å². The minimum atomic E-state index is 0.494. The number of anilines is 1. The van der Waals surface area contributed by atoms with E-state index in [0.717, 1.165) is 30.8 Å². The van der Waals surface area contributed by atoms with Gasteiger partial charge in [0, 0.05) is 13.0 Å². The van der Waals surface area contributed by atoms with E-state index in [1.54, 1.807) is 0 Å². The van der Waals surface area contributed by atoms with E-state index >= 15 is 0 Å². The Bertz CT molecular complexity index is 385. The number of nitrogens with zero attached hydrogens (tertiary/aromatic N) is 2. The molecule has 4 nitrogen and oxygen atoms in total. The van der Waals surface area contributed by atoms with Crippen LogP contribution in [0.1, 0.15) is 32.3 Å². The van der Waals surface area contributed by atoms with E-state index in [2.05, 4.69) is 35.1 Å². The fraction of sp³-hybridized carbons (Fsp3) is 0.538. The predicted octanol–water partition coefficient (Wildman–Crippen LogP) is 2.26. The van der Waals surface area contributed by atoms with Crippen molar-refractivity contribution in [3.63, 3.8) is 0 Å². The third-order valence-corrected chi connectivity index (χ3v) is 2.29. The Labute approximate surface area is 103 Å². The van der Waals surface area contributed by atoms with Gasteiger partial charge < -0.3 is 10.1 Å². The molecule has 1 rings (SSSR count). The van der Waals surface area contributed by atoms with Gasteiger partial charge in [-0.05, 0) is 12.8 Å². The Balaban J connectivity index is 2.78. The summed E-state index contributed by atoms with van der Waals surface area (Å²) in [5.74, 6) is 4.04. The minimum absolute atomic E-state index is 0.494. The number of ether oxygens (including phenoxy) is 1. The summed E-state index contributed by atoms with van der Waals surface area (Å²) in [6.07, 6.45) is 9.18. The molecule has 0 amide bonds. The lowest BCUT2D eigenvalue weighted by Gasteiger charge is -2.12. The van der Waals surface area contributed by atoms with Gasteiger partial charge in [0.1, 0.15) is 18.8 Å². The van der Waals surface area contributed by atoms with E-state index in [9.17, 15) is 0 Å². The Morgan fingerprint density at radius 3 is 2.88 bits per heavy atom. The van der Waals surface area contributed by atoms with Gasteiger partial charge in [0.15, 0.2) is 0 Å². The van der Waals surface area contributed by atoms with Crippen LogP contribution in [0.4, 0.5) is 5.82 Å². The molecule has 1 aromatic heterocycles. The van der Waals surface area contributed by atoms with Crippen molar-refractivity contribution in [3.05, 3.63) is 11.9 Å². The third kappa shape index (κ3) is 3.95. The molecule has 0 unspecified atom stereocenters. The highest BCUT2D eigenvalue weighted by Crippen LogP contribution is 2.22. The van der Waals surface area contributed by atoms with Crippen LogP contribution in [-0.2, 0) is 6.42 Å². The molecule has 1 N–H and O–H groups in total. The largest absolute Gasteiger partial charge is 0.476 e. The fourth-order valence-corrected chi connectivity index (χ4v) is 1.44. The Hall–Kier alpha value is -1.76. The molecular formula is C13H19N3O. The summed E-state index contributed by atoms with van der Waals surface area (Å²) in [4.78, 5) is 8.38. The predicted molar refractivity (Wildman–Crippen MR) is 69.1 cm³/mol. The van der Waals surface area contributed by atoms with Crippen molar-refractivity contribution in [2.24, 2.45) is 0 Å². The normalized spacial score (nSPS) is 9.71. The van der Waals surface area contributed by atoms with Crippen molar-refractivity contribution in [3.8, 4) is 18.2 Å². The zero-order valence-electron chi connectivity index (χ0n) is 10.5. The van der Waals surface area contributed by atoms with Crippen molar-refractivity contribution in [1.29, 1.82) is 0 Å². The standard InChI is InChI=1S/C13H19N3O/c1-4-7-9-17-13-11(6-3)12(14-8-5-2)15-10-16-13/h1,10H,5-9H2,2-3H3,(H,14,15,16). The Kier molecular flexibility index (Phi) is 5.87. The van der Waals surface area contributed by atoms with E-state index in [4.69, 9.17) is 11.2 Å². The summed E-state index contributed by atoms with van der Waals surface area (Å²) in [6.45, 7) is 5.57. The molecule has 0 atom stereocenters. The highest BCUT2D eigenvalue weighted by Gasteiger charge is 2.10. The Morgan fingerprint density at radius 2 is 2.24 bits per heavy atom. The molecule has 0 fully saturated rings. The van der Waals surface area contributed by atoms with Crippen LogP contribution in [0, 0.1) is 12.3 Å². The highest BCUT2D eigenvalue weighted by atomic mass is 16.5. The summed E-state index contributed by atoms with van der Waals surface area (Å²) in [5.41, 5.74) is 1.01. The first kappa shape index (κ1) is 13.3. The van der Waals surface area contributed by atoms with Crippen molar-refractivity contribution in [2.45, 2.75) is 33.1 Å². The lowest BCUT2D eigenvalue weighted by atomic mass is 10.2. The van der Waals surface area contributed by atoms with Crippen LogP contribution in [0.15, 0.2) is 6.33 Å². The summed E-state index contributed by atoms with van der Waals surface area (Å²) < 4.78 is 5.56. The maximum Gasteiger partial charge on any atom is 0.221 e. The van der Waals surface area contributed by atoms with Crippen LogP contribution in [0.25, 0.3) is 0 Å². The molecule has 0 saturated carbocycles. The third-order valence-electron chi connectivity index (χ3n) is 2.29. The fourth-order valence-electron chi connectivity index (χ4n) is 1.44. The van der Waals surface area contributed by atoms with Crippen LogP contribution in [0.5, 0.6) is 5.88 Å². The smallest absolute Gasteiger partial charge is 0.221 e. The number of rotatable bonds is 7. The van der Waals surface area contributed by atoms with E-state index in [1.807, 2.05) is 0 Å². The van der Waals surface area contributed by atoms with Gasteiger partial charge in [-0.15, -0.1) is 12.3 Å². The molecular weight excluding hydrogens is 214 g/mol. The lowest BCUT2D eigenvalue weighted by Crippen LogP contribution is -2.09. The van der Waals surface area contributed by atoms with E-state index in [0.29, 0.717) is 18.9 Å². The van der Waals surface area contributed by atoms with Crippen molar-refractivity contribution < 1.29 is 4.74 Å². The van der Waals surface area contributed by atoms with Gasteiger partial charge >= 0.3 is 0 Å². The molecule has 0 aliphatic carbocycles. The van der Waals surface area contributed by atoms with E-state index in [1.165, 1.54) is 6.33 Å². The second-order valence-electron chi connectivity index (χ2n) is 3.59. The van der Waals surface area contributed by atoms with Gasteiger partial charge in [-0.1, -0.05) is 13.8 Å². The maximum atomic E-state index is 5.56. The van der Waals surface area contributed by atoms with Gasteiger partial charge in [-0.2, -0.15) is 0 Å². The topological polar surface area (TPSA) is 47.0 Å². The van der Waals surface area contributed by atoms with Crippen LogP contribution in [-0.4, -0.2) is 23.1 Å². The molecule has 0 aromatic carbocycles. The molecule has 17 heavy (non-hydrogen) atoms. The first-order valence-electron chi connectivity index (χ1n) is 5.97. The van der Waals surface area contributed by atoms with Gasteiger partial charge in [0.25, 0.3) is 0 Å². The number of hydrogen-bond donors (Lipinski definition) is 1. The van der Waals surface area contributed by atoms with Crippen molar-refractivity contribution in [1.82, 2.24) is 9.97 Å². The zero-order valence-corrected chi connectivity index (χ0v) is 10.5. The molecule has 0 aliphatic rings. The highest BCUT2D eigenvalue weighted by molar-refractivity contribution is 5.48. The first-order chi connectivity index (χ1) is 8.33. The SMILES string of the molecule is C#CCCOc1ncnc(NCCC)c1CC. The number of terminal acetylenes is 1. The van der Waals surface area contributed by atoms with Crippen LogP contribution >= 0.6 is 0 Å². The minimum Gasteiger partial charge on any atom is -0.476 e. The molecule has 0 saturated heterocycles. The van der Waals surface area contributed by atoms with E-state index < -0.39 is 0 Å². The summed E-state index contributed by atoms with van der Waals surface area (Å²) >= 11 is 0. The average Bonchev–Trinajstić information content (AvgIpc) is 2.36. The molecule has 1 aromatic rings. The number of hydrogen-bond acceptors (Lipinski definition) is 4. The maximum absolute atomic E-state index is 5.56. The molecule has 0 radical (unpaired) electrons. The van der Waals surface area contributed by atoms with Crippen molar-refractivity contribution in [2.75, 3.05) is 18.5 Å². The van der Waals surface area contributed by atoms with Crippen LogP contribution < -0.4 is 10.1 Å². The molecule has 1 heterocycles. The first-order valence-corrected chi connectivity index (χ1v) is 5.97. The monoisotopic (exact) mass is 233 g/mol. The van der Waals surface area contributed by atoms with Gasteiger partial charge in [0.05, 0.1) is 5.56 Å². The summed E-state index contributed by atoms with van der Waals surface area (Å²) in [6, 6.07) is 0. The second kappa shape index (κ2) is 7.50. The molecule has 0 spiro atoms. The molecule has 0 aliphatic heterocycles. The van der Waals surface area contributed by atoms with Gasteiger partial charge in [0.2, 0.25) is 5.88 Å². The molecule has 0 bridgehead atoms. The summed E-state index contributed by atoms with van der Waals surface area (Å²) in [7, 11) is 0. The Morgan fingerprint density at radius 1 is 1.41 bits per heavy atom.